The van der Waals surface area contributed by atoms with Crippen LogP contribution in [0.1, 0.15) is 45.9 Å². The molecule has 1 N–H and O–H groups in total. The predicted octanol–water partition coefficient (Wildman–Crippen LogP) is 2.15. The van der Waals surface area contributed by atoms with Crippen LogP contribution in [0.5, 0.6) is 0 Å². The van der Waals surface area contributed by atoms with E-state index in [0.29, 0.717) is 25.9 Å². The van der Waals surface area contributed by atoms with E-state index in [4.69, 9.17) is 0 Å². The van der Waals surface area contributed by atoms with Gasteiger partial charge in [0.25, 0.3) is 11.5 Å². The van der Waals surface area contributed by atoms with Crippen molar-refractivity contribution in [3.63, 3.8) is 0 Å². The lowest BCUT2D eigenvalue weighted by Crippen LogP contribution is -2.39. The maximum atomic E-state index is 12.9. The molecule has 0 aromatic carbocycles. The van der Waals surface area contributed by atoms with Gasteiger partial charge in [0.05, 0.1) is 5.69 Å². The molecule has 0 saturated heterocycles. The largest absolute Gasteiger partial charge is 0.334 e. The summed E-state index contributed by atoms with van der Waals surface area (Å²) in [5, 5.41) is 8.61. The quantitative estimate of drug-likeness (QED) is 0.943. The molecule has 2 aromatic rings. The van der Waals surface area contributed by atoms with Crippen LogP contribution in [-0.4, -0.2) is 27.5 Å². The third kappa shape index (κ3) is 2.47. The highest BCUT2D eigenvalue weighted by Crippen LogP contribution is 2.25. The third-order valence-corrected chi connectivity index (χ3v) is 5.19. The van der Waals surface area contributed by atoms with Crippen LogP contribution in [-0.2, 0) is 25.8 Å². The van der Waals surface area contributed by atoms with Crippen LogP contribution in [0.15, 0.2) is 16.2 Å². The molecule has 0 radical (unpaired) electrons. The van der Waals surface area contributed by atoms with Gasteiger partial charge in [0, 0.05) is 18.0 Å². The highest BCUT2D eigenvalue weighted by molar-refractivity contribution is 7.10. The number of amides is 1. The summed E-state index contributed by atoms with van der Waals surface area (Å²) in [6, 6.07) is 2.06. The molecule has 0 saturated carbocycles. The Morgan fingerprint density at radius 1 is 1.41 bits per heavy atom. The summed E-state index contributed by atoms with van der Waals surface area (Å²) in [6.07, 6.45) is 2.21. The summed E-state index contributed by atoms with van der Waals surface area (Å²) in [4.78, 5) is 28.2. The van der Waals surface area contributed by atoms with E-state index in [1.165, 1.54) is 10.4 Å². The number of nitrogens with one attached hydrogen (secondary N) is 1. The fourth-order valence-corrected chi connectivity index (χ4v) is 3.89. The molecule has 1 aliphatic rings. The van der Waals surface area contributed by atoms with E-state index in [1.54, 1.807) is 16.2 Å². The van der Waals surface area contributed by atoms with E-state index in [-0.39, 0.29) is 17.0 Å². The van der Waals surface area contributed by atoms with Gasteiger partial charge in [0.2, 0.25) is 0 Å². The number of rotatable bonds is 3. The Morgan fingerprint density at radius 3 is 2.95 bits per heavy atom. The Balaban J connectivity index is 1.98. The topological polar surface area (TPSA) is 66.1 Å². The molecule has 5 nitrogen and oxygen atoms in total. The third-order valence-electron chi connectivity index (χ3n) is 4.17. The Morgan fingerprint density at radius 2 is 2.23 bits per heavy atom. The Kier molecular flexibility index (Phi) is 4.11. The Bertz CT molecular complexity index is 763. The fourth-order valence-electron chi connectivity index (χ4n) is 3.00. The standard InChI is InChI=1S/C16H19N3O2S/c1-3-11-12(4-2)17-18-15(20)14(11)16(21)19-7-5-13-10(9-19)6-8-22-13/h6,8H,3-5,7,9H2,1-2H3,(H,18,20). The molecule has 0 bridgehead atoms. The second-order valence-electron chi connectivity index (χ2n) is 5.41. The second kappa shape index (κ2) is 6.04. The number of aryl methyl sites for hydroxylation is 1. The molecule has 0 aliphatic carbocycles. The number of nitrogens with zero attached hydrogens (tertiary/aromatic N) is 2. The molecule has 0 unspecified atom stereocenters. The van der Waals surface area contributed by atoms with Crippen molar-refractivity contribution in [2.75, 3.05) is 6.54 Å². The first-order valence-corrected chi connectivity index (χ1v) is 8.48. The lowest BCUT2D eigenvalue weighted by atomic mass is 10.0. The molecule has 116 valence electrons. The molecular weight excluding hydrogens is 298 g/mol. The predicted molar refractivity (Wildman–Crippen MR) is 86.4 cm³/mol. The number of thiophene rings is 1. The summed E-state index contributed by atoms with van der Waals surface area (Å²) in [7, 11) is 0. The van der Waals surface area contributed by atoms with Crippen LogP contribution in [0, 0.1) is 0 Å². The highest BCUT2D eigenvalue weighted by atomic mass is 32.1. The molecule has 1 aliphatic heterocycles. The van der Waals surface area contributed by atoms with Crippen molar-refractivity contribution in [2.24, 2.45) is 0 Å². The maximum absolute atomic E-state index is 12.9. The normalized spacial score (nSPS) is 14.0. The summed E-state index contributed by atoms with van der Waals surface area (Å²) in [6.45, 7) is 5.19. The molecule has 22 heavy (non-hydrogen) atoms. The van der Waals surface area contributed by atoms with Gasteiger partial charge in [-0.05, 0) is 41.8 Å². The molecule has 3 rings (SSSR count). The first-order valence-electron chi connectivity index (χ1n) is 7.60. The summed E-state index contributed by atoms with van der Waals surface area (Å²) < 4.78 is 0. The zero-order valence-electron chi connectivity index (χ0n) is 12.8. The Labute approximate surface area is 133 Å². The highest BCUT2D eigenvalue weighted by Gasteiger charge is 2.27. The number of carbonyl (C=O) groups is 1. The molecule has 1 amide bonds. The average Bonchev–Trinajstić information content (AvgIpc) is 3.01. The monoisotopic (exact) mass is 317 g/mol. The number of aromatic amines is 1. The minimum atomic E-state index is -0.379. The molecule has 0 fully saturated rings. The first-order chi connectivity index (χ1) is 10.7. The summed E-state index contributed by atoms with van der Waals surface area (Å²) in [5.74, 6) is -0.174. The maximum Gasteiger partial charge on any atom is 0.277 e. The van der Waals surface area contributed by atoms with Crippen molar-refractivity contribution < 1.29 is 4.79 Å². The number of hydrogen-bond donors (Lipinski definition) is 1. The van der Waals surface area contributed by atoms with Crippen molar-refractivity contribution >= 4 is 17.2 Å². The first kappa shape index (κ1) is 15.0. The van der Waals surface area contributed by atoms with E-state index >= 15 is 0 Å². The van der Waals surface area contributed by atoms with Gasteiger partial charge in [-0.3, -0.25) is 9.59 Å². The fraction of sp³-hybridized carbons (Fsp3) is 0.438. The summed E-state index contributed by atoms with van der Waals surface area (Å²) >= 11 is 1.74. The smallest absolute Gasteiger partial charge is 0.277 e. The van der Waals surface area contributed by atoms with Crippen LogP contribution < -0.4 is 5.56 Å². The minimum Gasteiger partial charge on any atom is -0.334 e. The minimum absolute atomic E-state index is 0.174. The van der Waals surface area contributed by atoms with Gasteiger partial charge in [-0.2, -0.15) is 5.10 Å². The van der Waals surface area contributed by atoms with Crippen LogP contribution in [0.25, 0.3) is 0 Å². The van der Waals surface area contributed by atoms with E-state index in [2.05, 4.69) is 21.6 Å². The zero-order chi connectivity index (χ0) is 15.7. The SMILES string of the molecule is CCc1n[nH]c(=O)c(C(=O)N2CCc3sccc3C2)c1CC. The molecule has 2 aromatic heterocycles. The number of carbonyl (C=O) groups excluding carboxylic acids is 1. The van der Waals surface area contributed by atoms with Crippen LogP contribution in [0.4, 0.5) is 0 Å². The molecular formula is C16H19N3O2S. The van der Waals surface area contributed by atoms with Gasteiger partial charge < -0.3 is 4.90 Å². The Hall–Kier alpha value is -1.95. The molecule has 0 spiro atoms. The van der Waals surface area contributed by atoms with Crippen LogP contribution in [0.2, 0.25) is 0 Å². The van der Waals surface area contributed by atoms with Gasteiger partial charge in [-0.15, -0.1) is 11.3 Å². The van der Waals surface area contributed by atoms with Crippen molar-refractivity contribution in [3.05, 3.63) is 49.1 Å². The molecule has 0 atom stereocenters. The number of fused-ring (bicyclic) bond motifs is 1. The molecule has 3 heterocycles. The van der Waals surface area contributed by atoms with Gasteiger partial charge >= 0.3 is 0 Å². The second-order valence-corrected chi connectivity index (χ2v) is 6.41. The van der Waals surface area contributed by atoms with E-state index in [9.17, 15) is 9.59 Å². The average molecular weight is 317 g/mol. The van der Waals surface area contributed by atoms with Crippen LogP contribution in [0.3, 0.4) is 0 Å². The van der Waals surface area contributed by atoms with Crippen LogP contribution >= 0.6 is 11.3 Å². The van der Waals surface area contributed by atoms with Crippen molar-refractivity contribution in [2.45, 2.75) is 39.7 Å². The lowest BCUT2D eigenvalue weighted by Gasteiger charge is -2.27. The zero-order valence-corrected chi connectivity index (χ0v) is 13.6. The summed E-state index contributed by atoms with van der Waals surface area (Å²) in [5.41, 5.74) is 2.68. The van der Waals surface area contributed by atoms with E-state index in [1.807, 2.05) is 13.8 Å². The lowest BCUT2D eigenvalue weighted by molar-refractivity contribution is 0.0732. The molecule has 6 heteroatoms. The van der Waals surface area contributed by atoms with E-state index in [0.717, 1.165) is 17.7 Å². The van der Waals surface area contributed by atoms with Crippen molar-refractivity contribution in [3.8, 4) is 0 Å². The van der Waals surface area contributed by atoms with Gasteiger partial charge in [-0.1, -0.05) is 13.8 Å². The number of H-pyrrole nitrogens is 1. The van der Waals surface area contributed by atoms with E-state index < -0.39 is 0 Å². The number of hydrogen-bond acceptors (Lipinski definition) is 4. The number of aromatic nitrogens is 2. The van der Waals surface area contributed by atoms with Crippen molar-refractivity contribution in [1.29, 1.82) is 0 Å². The van der Waals surface area contributed by atoms with Crippen molar-refractivity contribution in [1.82, 2.24) is 15.1 Å². The van der Waals surface area contributed by atoms with Gasteiger partial charge in [0.1, 0.15) is 5.56 Å². The van der Waals surface area contributed by atoms with Gasteiger partial charge in [0.15, 0.2) is 0 Å². The van der Waals surface area contributed by atoms with Gasteiger partial charge in [-0.25, -0.2) is 5.10 Å².